The van der Waals surface area contributed by atoms with Crippen molar-refractivity contribution < 1.29 is 17.9 Å². The number of nitrogens with two attached hydrogens (primary N) is 1. The van der Waals surface area contributed by atoms with Crippen molar-refractivity contribution in [1.82, 2.24) is 0 Å². The zero-order chi connectivity index (χ0) is 17.5. The van der Waals surface area contributed by atoms with Crippen LogP contribution in [0, 0.1) is 0 Å². The van der Waals surface area contributed by atoms with E-state index in [4.69, 9.17) is 10.5 Å². The van der Waals surface area contributed by atoms with Crippen molar-refractivity contribution in [3.8, 4) is 22.6 Å². The Morgan fingerprint density at radius 2 is 1.58 bits per heavy atom. The largest absolute Gasteiger partial charge is 0.457 e. The summed E-state index contributed by atoms with van der Waals surface area (Å²) in [5.41, 5.74) is 2.52. The van der Waals surface area contributed by atoms with E-state index in [9.17, 15) is 22.8 Å². The first kappa shape index (κ1) is 15.8. The van der Waals surface area contributed by atoms with Crippen molar-refractivity contribution in [2.24, 2.45) is 0 Å². The van der Waals surface area contributed by atoms with Gasteiger partial charge in [0, 0.05) is 5.56 Å². The molecule has 0 aromatic heterocycles. The third kappa shape index (κ3) is 2.64. The van der Waals surface area contributed by atoms with Crippen molar-refractivity contribution in [1.29, 1.82) is 0 Å². The highest BCUT2D eigenvalue weighted by atomic mass is 19.4. The van der Waals surface area contributed by atoms with Gasteiger partial charge in [-0.1, -0.05) is 18.2 Å². The third-order valence-electron chi connectivity index (χ3n) is 3.50. The number of anilines is 1. The Balaban J connectivity index is 2.15. The molecule has 7 heteroatoms. The lowest BCUT2D eigenvalue weighted by Crippen LogP contribution is -2.35. The monoisotopic (exact) mass is 333 g/mol. The number of ether oxygens (including phenoxy) is 1. The van der Waals surface area contributed by atoms with E-state index < -0.39 is 22.6 Å². The number of hydrogen-bond acceptors (Lipinski definition) is 4. The van der Waals surface area contributed by atoms with Crippen LogP contribution in [0.4, 0.5) is 18.9 Å². The first-order chi connectivity index (χ1) is 11.3. The van der Waals surface area contributed by atoms with Gasteiger partial charge in [0.2, 0.25) is 10.9 Å². The molecular weight excluding hydrogens is 323 g/mol. The normalized spacial score (nSPS) is 11.6. The molecule has 0 aliphatic carbocycles. The summed E-state index contributed by atoms with van der Waals surface area (Å²) in [5.74, 6) is 0.0881. The minimum Gasteiger partial charge on any atom is -0.457 e. The summed E-state index contributed by atoms with van der Waals surface area (Å²) in [6.45, 7) is 0. The summed E-state index contributed by atoms with van der Waals surface area (Å²) in [7, 11) is 0. The Morgan fingerprint density at radius 3 is 2.17 bits per heavy atom. The lowest BCUT2D eigenvalue weighted by molar-refractivity contribution is -0.137. The van der Waals surface area contributed by atoms with Crippen molar-refractivity contribution >= 4 is 5.69 Å². The summed E-state index contributed by atoms with van der Waals surface area (Å²) in [6, 6.07) is 10.8. The summed E-state index contributed by atoms with van der Waals surface area (Å²) < 4.78 is 44.3. The summed E-state index contributed by atoms with van der Waals surface area (Å²) in [5, 5.41) is 0. The number of para-hydroxylation sites is 1. The summed E-state index contributed by atoms with van der Waals surface area (Å²) in [4.78, 5) is 23.0. The van der Waals surface area contributed by atoms with E-state index in [1.54, 1.807) is 30.3 Å². The molecule has 24 heavy (non-hydrogen) atoms. The lowest BCUT2D eigenvalue weighted by Gasteiger charge is -2.16. The zero-order valence-corrected chi connectivity index (χ0v) is 12.1. The number of rotatable bonds is 3. The van der Waals surface area contributed by atoms with E-state index in [1.165, 1.54) is 0 Å². The predicted molar refractivity (Wildman–Crippen MR) is 82.7 cm³/mol. The first-order valence-electron chi connectivity index (χ1n) is 6.82. The van der Waals surface area contributed by atoms with Crippen LogP contribution in [0.1, 0.15) is 5.56 Å². The van der Waals surface area contributed by atoms with Crippen LogP contribution >= 0.6 is 0 Å². The molecule has 0 aliphatic rings. The van der Waals surface area contributed by atoms with E-state index in [0.29, 0.717) is 0 Å². The van der Waals surface area contributed by atoms with Crippen LogP contribution in [0.25, 0.3) is 11.1 Å². The molecule has 0 atom stereocenters. The fraction of sp³-hybridized carbons (Fsp3) is 0.0588. The quantitative estimate of drug-likeness (QED) is 0.746. The SMILES string of the molecule is Nc1c(-c2ccc(C(F)(F)F)cc2Oc2ccccc2)c(=O)c1=O. The molecule has 3 rings (SSSR count). The van der Waals surface area contributed by atoms with Gasteiger partial charge in [-0.25, -0.2) is 0 Å². The van der Waals surface area contributed by atoms with Crippen molar-refractivity contribution in [2.45, 2.75) is 6.18 Å². The molecule has 0 unspecified atom stereocenters. The van der Waals surface area contributed by atoms with Crippen LogP contribution in [0.15, 0.2) is 58.1 Å². The van der Waals surface area contributed by atoms with Gasteiger partial charge in [0.15, 0.2) is 0 Å². The lowest BCUT2D eigenvalue weighted by atomic mass is 9.96. The molecule has 0 bridgehead atoms. The zero-order valence-electron chi connectivity index (χ0n) is 12.1. The fourth-order valence-electron chi connectivity index (χ4n) is 2.28. The molecular formula is C17H10F3NO3. The van der Waals surface area contributed by atoms with Gasteiger partial charge in [-0.05, 0) is 30.3 Å². The van der Waals surface area contributed by atoms with Gasteiger partial charge in [0.05, 0.1) is 16.8 Å². The minimum absolute atomic E-state index is 0.0500. The number of nitrogen functional groups attached to an aromatic ring is 1. The number of benzene rings is 2. The Morgan fingerprint density at radius 1 is 0.917 bits per heavy atom. The second-order valence-corrected chi connectivity index (χ2v) is 5.07. The highest BCUT2D eigenvalue weighted by molar-refractivity contribution is 5.84. The molecule has 0 heterocycles. The molecule has 0 aliphatic heterocycles. The van der Waals surface area contributed by atoms with Crippen LogP contribution in [-0.2, 0) is 6.18 Å². The van der Waals surface area contributed by atoms with Gasteiger partial charge >= 0.3 is 6.18 Å². The molecule has 3 aromatic carbocycles. The van der Waals surface area contributed by atoms with E-state index in [1.807, 2.05) is 0 Å². The highest BCUT2D eigenvalue weighted by Gasteiger charge is 2.32. The second kappa shape index (κ2) is 5.52. The molecule has 0 spiro atoms. The predicted octanol–water partition coefficient (Wildman–Crippen LogP) is 3.34. The van der Waals surface area contributed by atoms with Crippen LogP contribution in [0.5, 0.6) is 11.5 Å². The molecule has 0 saturated carbocycles. The second-order valence-electron chi connectivity index (χ2n) is 5.07. The topological polar surface area (TPSA) is 69.4 Å². The Bertz CT molecular complexity index is 971. The van der Waals surface area contributed by atoms with Crippen molar-refractivity contribution in [3.63, 3.8) is 0 Å². The van der Waals surface area contributed by atoms with E-state index in [0.717, 1.165) is 18.2 Å². The van der Waals surface area contributed by atoms with Crippen molar-refractivity contribution in [3.05, 3.63) is 74.5 Å². The molecule has 0 amide bonds. The van der Waals surface area contributed by atoms with Crippen molar-refractivity contribution in [2.75, 3.05) is 5.73 Å². The summed E-state index contributed by atoms with van der Waals surface area (Å²) in [6.07, 6.45) is -4.58. The van der Waals surface area contributed by atoms with Gasteiger partial charge in [-0.2, -0.15) is 13.2 Å². The molecule has 122 valence electrons. The standard InChI is InChI=1S/C17H10F3NO3/c18-17(19,20)9-6-7-11(13-14(21)16(23)15(13)22)12(8-9)24-10-4-2-1-3-5-10/h1-8H,21H2. The first-order valence-corrected chi connectivity index (χ1v) is 6.82. The van der Waals surface area contributed by atoms with Crippen LogP contribution in [0.2, 0.25) is 0 Å². The third-order valence-corrected chi connectivity index (χ3v) is 3.50. The van der Waals surface area contributed by atoms with Gasteiger partial charge in [0.25, 0.3) is 0 Å². The van der Waals surface area contributed by atoms with E-state index in [2.05, 4.69) is 0 Å². The Hall–Kier alpha value is -3.09. The van der Waals surface area contributed by atoms with E-state index in [-0.39, 0.29) is 28.3 Å². The molecule has 4 nitrogen and oxygen atoms in total. The maximum atomic E-state index is 12.9. The maximum absolute atomic E-state index is 12.9. The van der Waals surface area contributed by atoms with Crippen LogP contribution in [0.3, 0.4) is 0 Å². The number of halogens is 3. The Labute approximate surface area is 133 Å². The van der Waals surface area contributed by atoms with E-state index >= 15 is 0 Å². The smallest absolute Gasteiger partial charge is 0.416 e. The fourth-order valence-corrected chi connectivity index (χ4v) is 2.28. The average Bonchev–Trinajstić information content (AvgIpc) is 2.56. The van der Waals surface area contributed by atoms with Crippen LogP contribution < -0.4 is 21.3 Å². The molecule has 2 N–H and O–H groups in total. The summed E-state index contributed by atoms with van der Waals surface area (Å²) >= 11 is 0. The maximum Gasteiger partial charge on any atom is 0.416 e. The Kier molecular flexibility index (Phi) is 3.63. The van der Waals surface area contributed by atoms with Gasteiger partial charge in [-0.15, -0.1) is 0 Å². The number of hydrogen-bond donors (Lipinski definition) is 1. The number of alkyl halides is 3. The average molecular weight is 333 g/mol. The molecule has 0 fully saturated rings. The highest BCUT2D eigenvalue weighted by Crippen LogP contribution is 2.39. The van der Waals surface area contributed by atoms with Gasteiger partial charge in [-0.3, -0.25) is 9.59 Å². The molecule has 0 radical (unpaired) electrons. The van der Waals surface area contributed by atoms with Crippen LogP contribution in [-0.4, -0.2) is 0 Å². The minimum atomic E-state index is -4.58. The molecule has 3 aromatic rings. The van der Waals surface area contributed by atoms with Gasteiger partial charge in [0.1, 0.15) is 11.5 Å². The molecule has 0 saturated heterocycles. The van der Waals surface area contributed by atoms with Gasteiger partial charge < -0.3 is 10.5 Å².